The van der Waals surface area contributed by atoms with E-state index < -0.39 is 29.3 Å². The Bertz CT molecular complexity index is 650. The molecule has 0 radical (unpaired) electrons. The van der Waals surface area contributed by atoms with Gasteiger partial charge in [-0.1, -0.05) is 20.8 Å². The monoisotopic (exact) mass is 507 g/mol. The molecule has 204 valence electrons. The van der Waals surface area contributed by atoms with Crippen molar-refractivity contribution in [2.24, 2.45) is 5.41 Å². The first kappa shape index (κ1) is 32.7. The lowest BCUT2D eigenvalue weighted by Gasteiger charge is -2.42. The highest BCUT2D eigenvalue weighted by atomic mass is 17.2. The van der Waals surface area contributed by atoms with Crippen molar-refractivity contribution in [1.82, 2.24) is 14.7 Å². The van der Waals surface area contributed by atoms with Gasteiger partial charge in [-0.05, 0) is 5.41 Å². The van der Waals surface area contributed by atoms with Gasteiger partial charge in [0.15, 0.2) is 0 Å². The number of methoxy groups -OCH3 is 3. The quantitative estimate of drug-likeness (QED) is 0.0836. The van der Waals surface area contributed by atoms with Gasteiger partial charge in [0.2, 0.25) is 0 Å². The molecule has 0 saturated heterocycles. The maximum Gasteiger partial charge on any atom is 0.319 e. The fourth-order valence-electron chi connectivity index (χ4n) is 3.41. The van der Waals surface area contributed by atoms with Gasteiger partial charge in [0, 0.05) is 32.2 Å². The van der Waals surface area contributed by atoms with Crippen LogP contribution in [0.5, 0.6) is 0 Å². The van der Waals surface area contributed by atoms with Crippen LogP contribution >= 0.6 is 0 Å². The summed E-state index contributed by atoms with van der Waals surface area (Å²) >= 11 is 0. The van der Waals surface area contributed by atoms with Gasteiger partial charge in [-0.25, -0.2) is 9.78 Å². The minimum Gasteiger partial charge on any atom is -0.480 e. The van der Waals surface area contributed by atoms with Crippen LogP contribution in [0.2, 0.25) is 0 Å². The fraction of sp³-hybridized carbons (Fsp3) is 0.818. The minimum atomic E-state index is -1.03. The van der Waals surface area contributed by atoms with E-state index >= 15 is 0 Å². The number of carbonyl (C=O) groups is 4. The lowest BCUT2D eigenvalue weighted by atomic mass is 9.85. The highest BCUT2D eigenvalue weighted by Gasteiger charge is 2.34. The van der Waals surface area contributed by atoms with Gasteiger partial charge in [-0.3, -0.25) is 33.9 Å². The van der Waals surface area contributed by atoms with Gasteiger partial charge in [0.25, 0.3) is 0 Å². The van der Waals surface area contributed by atoms with Crippen molar-refractivity contribution in [3.63, 3.8) is 0 Å². The molecule has 1 N–H and O–H groups in total. The second kappa shape index (κ2) is 17.2. The Balaban J connectivity index is 5.79. The Labute approximate surface area is 207 Å². The molecule has 0 bridgehead atoms. The summed E-state index contributed by atoms with van der Waals surface area (Å²) in [4.78, 5) is 62.0. The molecule has 0 aliphatic rings. The number of carbonyl (C=O) groups excluding carboxylic acids is 3. The lowest BCUT2D eigenvalue weighted by molar-refractivity contribution is -0.273. The van der Waals surface area contributed by atoms with Gasteiger partial charge in [-0.15, -0.1) is 0 Å². The number of hydrogen-bond acceptors (Lipinski definition) is 12. The second-order valence-corrected chi connectivity index (χ2v) is 8.91. The second-order valence-electron chi connectivity index (χ2n) is 8.91. The number of nitrogens with zero attached hydrogens (tertiary/aromatic N) is 3. The number of carboxylic acid groups (broad SMARTS) is 1. The van der Waals surface area contributed by atoms with Crippen LogP contribution in [0.15, 0.2) is 0 Å². The van der Waals surface area contributed by atoms with Crippen molar-refractivity contribution < 1.29 is 48.3 Å². The number of esters is 3. The van der Waals surface area contributed by atoms with Crippen LogP contribution < -0.4 is 0 Å². The zero-order valence-electron chi connectivity index (χ0n) is 21.9. The van der Waals surface area contributed by atoms with Crippen LogP contribution in [0.1, 0.15) is 20.8 Å². The predicted octanol–water partition coefficient (Wildman–Crippen LogP) is -0.511. The van der Waals surface area contributed by atoms with Crippen molar-refractivity contribution in [2.75, 3.05) is 87.4 Å². The van der Waals surface area contributed by atoms with E-state index in [-0.39, 0.29) is 51.9 Å². The van der Waals surface area contributed by atoms with E-state index in [1.54, 1.807) is 9.80 Å². The van der Waals surface area contributed by atoms with E-state index in [0.717, 1.165) is 0 Å². The Kier molecular flexibility index (Phi) is 16.0. The first-order valence-corrected chi connectivity index (χ1v) is 11.1. The summed E-state index contributed by atoms with van der Waals surface area (Å²) in [5.74, 6) is -2.54. The van der Waals surface area contributed by atoms with Gasteiger partial charge in [-0.2, -0.15) is 0 Å². The summed E-state index contributed by atoms with van der Waals surface area (Å²) < 4.78 is 14.2. The molecule has 0 aromatic carbocycles. The molecule has 13 heteroatoms. The molecular formula is C22H41N3O10. The van der Waals surface area contributed by atoms with E-state index in [0.29, 0.717) is 13.1 Å². The summed E-state index contributed by atoms with van der Waals surface area (Å²) in [6.07, 6.45) is 0. The van der Waals surface area contributed by atoms with Crippen LogP contribution in [-0.4, -0.2) is 137 Å². The number of aliphatic carboxylic acids is 1. The van der Waals surface area contributed by atoms with Gasteiger partial charge < -0.3 is 19.3 Å². The first-order valence-electron chi connectivity index (χ1n) is 11.1. The fourth-order valence-corrected chi connectivity index (χ4v) is 3.41. The lowest BCUT2D eigenvalue weighted by Crippen LogP contribution is -2.55. The minimum absolute atomic E-state index is 0.0200. The van der Waals surface area contributed by atoms with E-state index in [2.05, 4.69) is 4.89 Å². The van der Waals surface area contributed by atoms with Gasteiger partial charge in [0.1, 0.15) is 0 Å². The van der Waals surface area contributed by atoms with Crippen LogP contribution in [-0.2, 0) is 43.2 Å². The van der Waals surface area contributed by atoms with E-state index in [4.69, 9.17) is 19.1 Å². The van der Waals surface area contributed by atoms with Crippen molar-refractivity contribution in [1.29, 1.82) is 0 Å². The number of carboxylic acids is 1. The molecule has 1 unspecified atom stereocenters. The molecule has 0 fully saturated rings. The Morgan fingerprint density at radius 1 is 0.743 bits per heavy atom. The molecule has 0 spiro atoms. The number of hydrogen-bond donors (Lipinski definition) is 1. The highest BCUT2D eigenvalue weighted by molar-refractivity contribution is 5.75. The van der Waals surface area contributed by atoms with Crippen LogP contribution in [0.4, 0.5) is 0 Å². The van der Waals surface area contributed by atoms with Crippen LogP contribution in [0.3, 0.4) is 0 Å². The number of rotatable bonds is 18. The molecule has 0 aliphatic heterocycles. The normalized spacial score (nSPS) is 12.6. The van der Waals surface area contributed by atoms with E-state index in [1.165, 1.54) is 33.3 Å². The maximum absolute atomic E-state index is 12.0. The highest BCUT2D eigenvalue weighted by Crippen LogP contribution is 2.25. The molecule has 13 nitrogen and oxygen atoms in total. The molecule has 0 aliphatic carbocycles. The summed E-state index contributed by atoms with van der Waals surface area (Å²) in [7, 11) is 5.16. The third-order valence-electron chi connectivity index (χ3n) is 5.26. The van der Waals surface area contributed by atoms with Crippen molar-refractivity contribution >= 4 is 23.9 Å². The maximum atomic E-state index is 12.0. The molecular weight excluding hydrogens is 466 g/mol. The molecule has 0 rings (SSSR count). The van der Waals surface area contributed by atoms with Crippen molar-refractivity contribution in [3.8, 4) is 0 Å². The first-order chi connectivity index (χ1) is 16.4. The Morgan fingerprint density at radius 3 is 1.63 bits per heavy atom. The third kappa shape index (κ3) is 14.6. The topological polar surface area (TPSA) is 144 Å². The Hall–Kier alpha value is -2.32. The number of ether oxygens (including phenoxy) is 3. The van der Waals surface area contributed by atoms with Gasteiger partial charge in [0.05, 0.1) is 61.2 Å². The molecule has 0 amide bonds. The molecule has 0 saturated carbocycles. The summed E-state index contributed by atoms with van der Waals surface area (Å²) in [6, 6.07) is -0.330. The predicted molar refractivity (Wildman–Crippen MR) is 124 cm³/mol. The van der Waals surface area contributed by atoms with Crippen LogP contribution in [0, 0.1) is 5.41 Å². The zero-order chi connectivity index (χ0) is 27.0. The van der Waals surface area contributed by atoms with E-state index in [9.17, 15) is 24.3 Å². The molecule has 1 atom stereocenters. The third-order valence-corrected chi connectivity index (χ3v) is 5.26. The SMILES string of the molecule is COOCCN(CC(=O)OC)CC(N(CCN(CC(=O)OC)CC(=O)OC)CC(=O)O)C(C)(C)C. The molecule has 0 heterocycles. The molecule has 35 heavy (non-hydrogen) atoms. The van der Waals surface area contributed by atoms with Crippen LogP contribution in [0.25, 0.3) is 0 Å². The Morgan fingerprint density at radius 2 is 1.23 bits per heavy atom. The summed E-state index contributed by atoms with van der Waals surface area (Å²) in [6.45, 7) is 6.57. The average molecular weight is 508 g/mol. The molecule has 0 aromatic heterocycles. The smallest absolute Gasteiger partial charge is 0.319 e. The van der Waals surface area contributed by atoms with Gasteiger partial charge >= 0.3 is 23.9 Å². The summed E-state index contributed by atoms with van der Waals surface area (Å²) in [5.41, 5.74) is -0.401. The van der Waals surface area contributed by atoms with Crippen molar-refractivity contribution in [2.45, 2.75) is 26.8 Å². The standard InChI is InChI=1S/C22H41N3O10/c1-22(2,3)17(12-24(10-11-35-34-7)16-21(30)33-6)25(13-18(26)27)9-8-23(14-19(28)31-4)15-20(29)32-5/h17H,8-16H2,1-7H3,(H,26,27). The van der Waals surface area contributed by atoms with Crippen molar-refractivity contribution in [3.05, 3.63) is 0 Å². The summed E-state index contributed by atoms with van der Waals surface area (Å²) in [5, 5.41) is 9.59. The van der Waals surface area contributed by atoms with E-state index in [1.807, 2.05) is 20.8 Å². The average Bonchev–Trinajstić information content (AvgIpc) is 2.78. The molecule has 0 aromatic rings. The zero-order valence-corrected chi connectivity index (χ0v) is 21.9. The largest absolute Gasteiger partial charge is 0.480 e.